The molecule has 0 unspecified atom stereocenters. The SMILES string of the molecule is CC(C)(C)OCCOCCC#N. The molecule has 0 aromatic carbocycles. The monoisotopic (exact) mass is 171 g/mol. The third kappa shape index (κ3) is 9.41. The highest BCUT2D eigenvalue weighted by atomic mass is 16.5. The summed E-state index contributed by atoms with van der Waals surface area (Å²) in [4.78, 5) is 0. The standard InChI is InChI=1S/C9H17NO2/c1-9(2,3)12-8-7-11-6-4-5-10/h4,6-8H2,1-3H3. The van der Waals surface area contributed by atoms with Crippen molar-refractivity contribution in [3.05, 3.63) is 0 Å². The van der Waals surface area contributed by atoms with Crippen molar-refractivity contribution >= 4 is 0 Å². The zero-order chi connectivity index (χ0) is 9.45. The summed E-state index contributed by atoms with van der Waals surface area (Å²) < 4.78 is 10.5. The van der Waals surface area contributed by atoms with E-state index in [2.05, 4.69) is 0 Å². The molecule has 0 bridgehead atoms. The number of hydrogen-bond acceptors (Lipinski definition) is 3. The van der Waals surface area contributed by atoms with Crippen LogP contribution in [0.25, 0.3) is 0 Å². The van der Waals surface area contributed by atoms with Gasteiger partial charge in [-0.15, -0.1) is 0 Å². The van der Waals surface area contributed by atoms with Crippen LogP contribution in [0.4, 0.5) is 0 Å². The van der Waals surface area contributed by atoms with Crippen LogP contribution in [0, 0.1) is 11.3 Å². The molecule has 0 aromatic rings. The van der Waals surface area contributed by atoms with Crippen molar-refractivity contribution in [2.75, 3.05) is 19.8 Å². The highest BCUT2D eigenvalue weighted by Crippen LogP contribution is 2.05. The van der Waals surface area contributed by atoms with E-state index in [0.29, 0.717) is 26.2 Å². The molecule has 3 nitrogen and oxygen atoms in total. The summed E-state index contributed by atoms with van der Waals surface area (Å²) in [6.07, 6.45) is 0.454. The van der Waals surface area contributed by atoms with Crippen molar-refractivity contribution in [2.24, 2.45) is 0 Å². The molecule has 0 fully saturated rings. The van der Waals surface area contributed by atoms with Gasteiger partial charge in [-0.05, 0) is 20.8 Å². The molecule has 0 aliphatic rings. The van der Waals surface area contributed by atoms with E-state index < -0.39 is 0 Å². The quantitative estimate of drug-likeness (QED) is 0.591. The zero-order valence-electron chi connectivity index (χ0n) is 8.09. The molecule has 0 saturated heterocycles. The summed E-state index contributed by atoms with van der Waals surface area (Å²) in [5, 5.41) is 8.19. The molecule has 0 saturated carbocycles. The van der Waals surface area contributed by atoms with E-state index in [1.165, 1.54) is 0 Å². The Balaban J connectivity index is 3.07. The third-order valence-electron chi connectivity index (χ3n) is 1.12. The van der Waals surface area contributed by atoms with Gasteiger partial charge in [0.15, 0.2) is 0 Å². The van der Waals surface area contributed by atoms with E-state index in [9.17, 15) is 0 Å². The fourth-order valence-electron chi connectivity index (χ4n) is 0.627. The lowest BCUT2D eigenvalue weighted by Crippen LogP contribution is -2.21. The predicted molar refractivity (Wildman–Crippen MR) is 46.8 cm³/mol. The Hall–Kier alpha value is -0.590. The van der Waals surface area contributed by atoms with Crippen LogP contribution in [0.5, 0.6) is 0 Å². The highest BCUT2D eigenvalue weighted by Gasteiger charge is 2.08. The van der Waals surface area contributed by atoms with E-state index in [0.717, 1.165) is 0 Å². The third-order valence-corrected chi connectivity index (χ3v) is 1.12. The second-order valence-electron chi connectivity index (χ2n) is 3.48. The maximum absolute atomic E-state index is 8.19. The van der Waals surface area contributed by atoms with Crippen LogP contribution in [-0.2, 0) is 9.47 Å². The summed E-state index contributed by atoms with van der Waals surface area (Å²) >= 11 is 0. The Bertz CT molecular complexity index is 144. The van der Waals surface area contributed by atoms with E-state index in [1.54, 1.807) is 0 Å². The van der Waals surface area contributed by atoms with Crippen LogP contribution < -0.4 is 0 Å². The zero-order valence-corrected chi connectivity index (χ0v) is 8.09. The van der Waals surface area contributed by atoms with Crippen molar-refractivity contribution in [2.45, 2.75) is 32.8 Å². The van der Waals surface area contributed by atoms with E-state index in [-0.39, 0.29) is 5.60 Å². The first-order valence-electron chi connectivity index (χ1n) is 4.15. The van der Waals surface area contributed by atoms with Crippen molar-refractivity contribution in [1.82, 2.24) is 0 Å². The number of nitriles is 1. The predicted octanol–water partition coefficient (Wildman–Crippen LogP) is 1.73. The van der Waals surface area contributed by atoms with Gasteiger partial charge >= 0.3 is 0 Å². The van der Waals surface area contributed by atoms with Gasteiger partial charge in [-0.25, -0.2) is 0 Å². The summed E-state index contributed by atoms with van der Waals surface area (Å²) in [6.45, 7) is 7.67. The van der Waals surface area contributed by atoms with E-state index in [1.807, 2.05) is 26.8 Å². The van der Waals surface area contributed by atoms with Crippen molar-refractivity contribution in [3.8, 4) is 6.07 Å². The molecular formula is C9H17NO2. The molecule has 0 atom stereocenters. The molecule has 0 heterocycles. The smallest absolute Gasteiger partial charge is 0.0707 e. The Morgan fingerprint density at radius 1 is 1.17 bits per heavy atom. The average molecular weight is 171 g/mol. The van der Waals surface area contributed by atoms with Crippen LogP contribution in [0.1, 0.15) is 27.2 Å². The molecule has 12 heavy (non-hydrogen) atoms. The molecule has 0 radical (unpaired) electrons. The van der Waals surface area contributed by atoms with Gasteiger partial charge in [-0.2, -0.15) is 5.26 Å². The van der Waals surface area contributed by atoms with Crippen LogP contribution in [0.3, 0.4) is 0 Å². The highest BCUT2D eigenvalue weighted by molar-refractivity contribution is 4.67. The minimum Gasteiger partial charge on any atom is -0.378 e. The normalized spacial score (nSPS) is 11.2. The molecule has 0 rings (SSSR count). The lowest BCUT2D eigenvalue weighted by atomic mass is 10.2. The molecule has 3 heteroatoms. The van der Waals surface area contributed by atoms with Gasteiger partial charge in [0.05, 0.1) is 37.9 Å². The fourth-order valence-corrected chi connectivity index (χ4v) is 0.627. The molecule has 0 N–H and O–H groups in total. The first kappa shape index (κ1) is 11.4. The lowest BCUT2D eigenvalue weighted by Gasteiger charge is -2.19. The summed E-state index contributed by atoms with van der Waals surface area (Å²) in [5.74, 6) is 0. The molecular weight excluding hydrogens is 154 g/mol. The van der Waals surface area contributed by atoms with Crippen LogP contribution in [-0.4, -0.2) is 25.4 Å². The fraction of sp³-hybridized carbons (Fsp3) is 0.889. The Kier molecular flexibility index (Phi) is 5.69. The Morgan fingerprint density at radius 3 is 2.33 bits per heavy atom. The molecule has 0 aromatic heterocycles. The molecule has 0 amide bonds. The van der Waals surface area contributed by atoms with Crippen LogP contribution in [0.15, 0.2) is 0 Å². The minimum atomic E-state index is -0.0986. The first-order chi connectivity index (χ1) is 5.56. The van der Waals surface area contributed by atoms with Gasteiger partial charge < -0.3 is 9.47 Å². The van der Waals surface area contributed by atoms with Crippen molar-refractivity contribution in [1.29, 1.82) is 5.26 Å². The first-order valence-corrected chi connectivity index (χ1v) is 4.15. The molecule has 0 aliphatic heterocycles. The van der Waals surface area contributed by atoms with Gasteiger partial charge in [-0.1, -0.05) is 0 Å². The molecule has 0 spiro atoms. The lowest BCUT2D eigenvalue weighted by molar-refractivity contribution is -0.0341. The summed E-state index contributed by atoms with van der Waals surface area (Å²) in [7, 11) is 0. The maximum Gasteiger partial charge on any atom is 0.0707 e. The maximum atomic E-state index is 8.19. The summed E-state index contributed by atoms with van der Waals surface area (Å²) in [5.41, 5.74) is -0.0986. The van der Waals surface area contributed by atoms with Gasteiger partial charge in [0.2, 0.25) is 0 Å². The second-order valence-corrected chi connectivity index (χ2v) is 3.48. The second kappa shape index (κ2) is 5.99. The van der Waals surface area contributed by atoms with Gasteiger partial charge in [0.1, 0.15) is 0 Å². The number of ether oxygens (including phenoxy) is 2. The number of rotatable bonds is 5. The van der Waals surface area contributed by atoms with Gasteiger partial charge in [0, 0.05) is 0 Å². The van der Waals surface area contributed by atoms with Crippen LogP contribution >= 0.6 is 0 Å². The van der Waals surface area contributed by atoms with Crippen molar-refractivity contribution in [3.63, 3.8) is 0 Å². The number of nitrogens with zero attached hydrogens (tertiary/aromatic N) is 1. The van der Waals surface area contributed by atoms with Gasteiger partial charge in [0.25, 0.3) is 0 Å². The van der Waals surface area contributed by atoms with Crippen LogP contribution in [0.2, 0.25) is 0 Å². The summed E-state index contributed by atoms with van der Waals surface area (Å²) in [6, 6.07) is 2.01. The average Bonchev–Trinajstić information content (AvgIpc) is 1.94. The van der Waals surface area contributed by atoms with Gasteiger partial charge in [-0.3, -0.25) is 0 Å². The van der Waals surface area contributed by atoms with E-state index in [4.69, 9.17) is 14.7 Å². The minimum absolute atomic E-state index is 0.0986. The Labute approximate surface area is 74.3 Å². The molecule has 0 aliphatic carbocycles. The Morgan fingerprint density at radius 2 is 1.83 bits per heavy atom. The van der Waals surface area contributed by atoms with Crippen molar-refractivity contribution < 1.29 is 9.47 Å². The van der Waals surface area contributed by atoms with E-state index >= 15 is 0 Å². The topological polar surface area (TPSA) is 42.2 Å². The number of hydrogen-bond donors (Lipinski definition) is 0. The largest absolute Gasteiger partial charge is 0.378 e. The molecule has 70 valence electrons.